The lowest BCUT2D eigenvalue weighted by Gasteiger charge is -2.20. The molecule has 0 spiro atoms. The van der Waals surface area contributed by atoms with Crippen LogP contribution in [0.15, 0.2) is 24.6 Å². The number of hydrogen-bond donors (Lipinski definition) is 0. The van der Waals surface area contributed by atoms with E-state index in [2.05, 4.69) is 38.5 Å². The molecule has 0 atom stereocenters. The number of hydrogen-bond acceptors (Lipinski definition) is 4. The van der Waals surface area contributed by atoms with E-state index >= 15 is 0 Å². The standard InChI is InChI=1S/C7H12N.F2NO4S2/c1-3-8(2)6-4-5-7-8;1-8(4,5)3-9(2,6)7/h4-7H,3H2,1-2H3;/q+1;-1. The summed E-state index contributed by atoms with van der Waals surface area (Å²) in [6.45, 7) is 3.33. The summed E-state index contributed by atoms with van der Waals surface area (Å²) in [5, 5.41) is 0. The van der Waals surface area contributed by atoms with Crippen LogP contribution in [0.1, 0.15) is 6.92 Å². The van der Waals surface area contributed by atoms with Crippen molar-refractivity contribution in [2.45, 2.75) is 6.92 Å². The fourth-order valence-electron chi connectivity index (χ4n) is 0.859. The quantitative estimate of drug-likeness (QED) is 0.579. The van der Waals surface area contributed by atoms with E-state index in [0.29, 0.717) is 0 Å². The summed E-state index contributed by atoms with van der Waals surface area (Å²) in [7, 11) is -9.06. The van der Waals surface area contributed by atoms with Crippen molar-refractivity contribution >= 4 is 20.8 Å². The van der Waals surface area contributed by atoms with Gasteiger partial charge in [-0.1, -0.05) is 0 Å². The van der Waals surface area contributed by atoms with E-state index in [4.69, 9.17) is 0 Å². The van der Waals surface area contributed by atoms with Crippen LogP contribution in [0.4, 0.5) is 7.77 Å². The first-order chi connectivity index (χ1) is 7.47. The minimum Gasteiger partial charge on any atom is -0.379 e. The van der Waals surface area contributed by atoms with Crippen molar-refractivity contribution in [2.75, 3.05) is 13.6 Å². The highest BCUT2D eigenvalue weighted by Crippen LogP contribution is 2.11. The second kappa shape index (κ2) is 5.67. The maximum Gasteiger partial charge on any atom is 0.241 e. The molecule has 0 radical (unpaired) electrons. The third-order valence-electron chi connectivity index (χ3n) is 1.82. The molecule has 1 rings (SSSR count). The summed E-state index contributed by atoms with van der Waals surface area (Å²) < 4.78 is 61.0. The van der Waals surface area contributed by atoms with E-state index in [0.717, 1.165) is 15.2 Å². The lowest BCUT2D eigenvalue weighted by molar-refractivity contribution is -0.801. The number of halogens is 2. The fraction of sp³-hybridized carbons (Fsp3) is 0.429. The maximum atomic E-state index is 11.1. The van der Waals surface area contributed by atoms with Gasteiger partial charge in [-0.3, -0.25) is 4.48 Å². The highest BCUT2D eigenvalue weighted by molar-refractivity contribution is 8.07. The van der Waals surface area contributed by atoms with Crippen LogP contribution in [0, 0.1) is 0 Å². The SMILES string of the molecule is CC[N+]1(C)C=CC=C1.O=S(=O)(F)[N-]S(=O)(=O)F. The lowest BCUT2D eigenvalue weighted by Crippen LogP contribution is -2.29. The summed E-state index contributed by atoms with van der Waals surface area (Å²) >= 11 is 0. The smallest absolute Gasteiger partial charge is 0.241 e. The summed E-state index contributed by atoms with van der Waals surface area (Å²) in [6, 6.07) is 0. The second-order valence-corrected chi connectivity index (χ2v) is 5.49. The molecule has 0 aromatic heterocycles. The zero-order valence-corrected chi connectivity index (χ0v) is 10.7. The van der Waals surface area contributed by atoms with Crippen LogP contribution in [0.5, 0.6) is 0 Å². The van der Waals surface area contributed by atoms with Crippen LogP contribution in [0.2, 0.25) is 0 Å². The van der Waals surface area contributed by atoms with Crippen LogP contribution in [0.3, 0.4) is 0 Å². The Morgan fingerprint density at radius 3 is 1.53 bits per heavy atom. The van der Waals surface area contributed by atoms with Gasteiger partial charge in [0.1, 0.15) is 12.4 Å². The second-order valence-electron chi connectivity index (χ2n) is 3.24. The first kappa shape index (κ1) is 16.2. The predicted molar refractivity (Wildman–Crippen MR) is 58.4 cm³/mol. The molecule has 1 aliphatic rings. The molecule has 10 heteroatoms. The van der Waals surface area contributed by atoms with Gasteiger partial charge in [-0.25, -0.2) is 16.8 Å². The molecule has 0 saturated carbocycles. The van der Waals surface area contributed by atoms with Gasteiger partial charge in [0.2, 0.25) is 20.8 Å². The lowest BCUT2D eigenvalue weighted by atomic mass is 10.5. The minimum absolute atomic E-state index is 0.958. The van der Waals surface area contributed by atoms with E-state index in [1.165, 1.54) is 0 Å². The molecule has 1 heterocycles. The van der Waals surface area contributed by atoms with Crippen LogP contribution in [-0.4, -0.2) is 34.9 Å². The number of allylic oxidation sites excluding steroid dienone is 2. The Hall–Kier alpha value is -0.840. The zero-order valence-electron chi connectivity index (χ0n) is 9.12. The molecule has 0 amide bonds. The topological polar surface area (TPSA) is 82.4 Å². The predicted octanol–water partition coefficient (Wildman–Crippen LogP) is 1.28. The van der Waals surface area contributed by atoms with Gasteiger partial charge in [0.15, 0.2) is 0 Å². The van der Waals surface area contributed by atoms with E-state index in [1.807, 2.05) is 0 Å². The summed E-state index contributed by atoms with van der Waals surface area (Å²) in [5.74, 6) is 0. The van der Waals surface area contributed by atoms with Gasteiger partial charge < -0.3 is 4.13 Å². The summed E-state index contributed by atoms with van der Waals surface area (Å²) in [4.78, 5) is 0. The van der Waals surface area contributed by atoms with Gasteiger partial charge >= 0.3 is 0 Å². The van der Waals surface area contributed by atoms with E-state index in [-0.39, 0.29) is 0 Å². The highest BCUT2D eigenvalue weighted by atomic mass is 32.3. The fourth-order valence-corrected chi connectivity index (χ4v) is 1.71. The van der Waals surface area contributed by atoms with Gasteiger partial charge in [0, 0.05) is 0 Å². The van der Waals surface area contributed by atoms with E-state index in [1.54, 1.807) is 0 Å². The minimum atomic E-state index is -5.62. The first-order valence-corrected chi connectivity index (χ1v) is 7.01. The van der Waals surface area contributed by atoms with Crippen molar-refractivity contribution in [1.29, 1.82) is 0 Å². The Bertz CT molecular complexity index is 468. The summed E-state index contributed by atoms with van der Waals surface area (Å²) in [5.41, 5.74) is 0. The van der Waals surface area contributed by atoms with Crippen molar-refractivity contribution in [3.8, 4) is 0 Å². The molecule has 6 nitrogen and oxygen atoms in total. The van der Waals surface area contributed by atoms with Crippen LogP contribution in [-0.2, 0) is 20.8 Å². The zero-order chi connectivity index (χ0) is 13.7. The highest BCUT2D eigenvalue weighted by Gasteiger charge is 2.13. The molecule has 100 valence electrons. The molecule has 0 aromatic rings. The molecule has 0 fully saturated rings. The normalized spacial score (nSPS) is 17.6. The van der Waals surface area contributed by atoms with Crippen LogP contribution >= 0.6 is 0 Å². The van der Waals surface area contributed by atoms with Gasteiger partial charge in [0.05, 0.1) is 13.6 Å². The van der Waals surface area contributed by atoms with Gasteiger partial charge in [-0.15, -0.1) is 7.77 Å². The molecular weight excluding hydrogens is 278 g/mol. The Labute approximate surface area is 99.5 Å². The van der Waals surface area contributed by atoms with Gasteiger partial charge in [0.25, 0.3) is 0 Å². The largest absolute Gasteiger partial charge is 0.379 e. The van der Waals surface area contributed by atoms with Gasteiger partial charge in [-0.2, -0.15) is 0 Å². The van der Waals surface area contributed by atoms with E-state index in [9.17, 15) is 24.6 Å². The molecular formula is C7H12F2N2O4S2. The number of nitrogens with zero attached hydrogens (tertiary/aromatic N) is 2. The molecule has 0 N–H and O–H groups in total. The Morgan fingerprint density at radius 1 is 1.06 bits per heavy atom. The number of quaternary nitrogens is 1. The molecule has 0 unspecified atom stereocenters. The third-order valence-corrected chi connectivity index (χ3v) is 3.25. The monoisotopic (exact) mass is 290 g/mol. The van der Waals surface area contributed by atoms with Crippen molar-refractivity contribution in [1.82, 2.24) is 0 Å². The first-order valence-electron chi connectivity index (χ1n) is 4.33. The van der Waals surface area contributed by atoms with Crippen molar-refractivity contribution < 1.29 is 29.1 Å². The van der Waals surface area contributed by atoms with Crippen molar-refractivity contribution in [3.63, 3.8) is 0 Å². The summed E-state index contributed by atoms with van der Waals surface area (Å²) in [6.07, 6.45) is 8.53. The Balaban J connectivity index is 0.000000302. The average Bonchev–Trinajstić information content (AvgIpc) is 2.47. The molecule has 0 saturated heterocycles. The molecule has 0 bridgehead atoms. The molecule has 1 aliphatic heterocycles. The van der Waals surface area contributed by atoms with Crippen LogP contribution < -0.4 is 0 Å². The molecule has 0 aliphatic carbocycles. The average molecular weight is 290 g/mol. The Kier molecular flexibility index (Phi) is 5.39. The molecule has 0 aromatic carbocycles. The van der Waals surface area contributed by atoms with Crippen molar-refractivity contribution in [3.05, 3.63) is 28.7 Å². The number of rotatable bonds is 3. The van der Waals surface area contributed by atoms with E-state index < -0.39 is 20.8 Å². The van der Waals surface area contributed by atoms with Gasteiger partial charge in [-0.05, 0) is 19.1 Å². The molecule has 17 heavy (non-hydrogen) atoms. The van der Waals surface area contributed by atoms with Crippen molar-refractivity contribution in [2.24, 2.45) is 0 Å². The third kappa shape index (κ3) is 8.92. The Morgan fingerprint density at radius 2 is 1.41 bits per heavy atom. The maximum absolute atomic E-state index is 11.1. The van der Waals surface area contributed by atoms with Crippen LogP contribution in [0.25, 0.3) is 4.13 Å².